The number of likely N-dealkylation sites (N-methyl/N-ethyl adjacent to an activating group) is 1. The van der Waals surface area contributed by atoms with E-state index in [9.17, 15) is 0 Å². The van der Waals surface area contributed by atoms with Gasteiger partial charge < -0.3 is 5.32 Å². The monoisotopic (exact) mass is 224 g/mol. The van der Waals surface area contributed by atoms with Gasteiger partial charge in [-0.2, -0.15) is 0 Å². The maximum atomic E-state index is 3.60. The van der Waals surface area contributed by atoms with Crippen LogP contribution < -0.4 is 5.32 Å². The molecule has 94 valence electrons. The summed E-state index contributed by atoms with van der Waals surface area (Å²) in [7, 11) is 0. The molecule has 0 aromatic rings. The van der Waals surface area contributed by atoms with Gasteiger partial charge in [0.2, 0.25) is 0 Å². The second-order valence-electron chi connectivity index (χ2n) is 5.63. The molecule has 0 bridgehead atoms. The third kappa shape index (κ3) is 2.98. The zero-order valence-corrected chi connectivity index (χ0v) is 11.0. The van der Waals surface area contributed by atoms with Crippen molar-refractivity contribution >= 4 is 0 Å². The molecule has 1 N–H and O–H groups in total. The molecule has 0 aromatic heterocycles. The smallest absolute Gasteiger partial charge is 0.0207 e. The first-order valence-corrected chi connectivity index (χ1v) is 7.30. The molecule has 1 aliphatic carbocycles. The van der Waals surface area contributed by atoms with E-state index in [1.807, 2.05) is 0 Å². The van der Waals surface area contributed by atoms with Crippen molar-refractivity contribution in [1.82, 2.24) is 10.2 Å². The minimum atomic E-state index is 0.770. The van der Waals surface area contributed by atoms with E-state index in [-0.39, 0.29) is 0 Å². The second kappa shape index (κ2) is 6.02. The predicted molar refractivity (Wildman–Crippen MR) is 69.7 cm³/mol. The number of nitrogens with zero attached hydrogens (tertiary/aromatic N) is 1. The molecule has 2 heteroatoms. The number of hydrogen-bond acceptors (Lipinski definition) is 2. The molecule has 2 rings (SSSR count). The van der Waals surface area contributed by atoms with Gasteiger partial charge >= 0.3 is 0 Å². The van der Waals surface area contributed by atoms with Gasteiger partial charge in [0.15, 0.2) is 0 Å². The molecule has 1 saturated heterocycles. The highest BCUT2D eigenvalue weighted by molar-refractivity contribution is 4.88. The van der Waals surface area contributed by atoms with Crippen molar-refractivity contribution in [3.05, 3.63) is 0 Å². The molecule has 2 fully saturated rings. The van der Waals surface area contributed by atoms with Crippen LogP contribution in [0.25, 0.3) is 0 Å². The van der Waals surface area contributed by atoms with Gasteiger partial charge in [0.05, 0.1) is 0 Å². The third-order valence-corrected chi connectivity index (χ3v) is 4.56. The summed E-state index contributed by atoms with van der Waals surface area (Å²) in [5.41, 5.74) is 0. The average Bonchev–Trinajstić information content (AvgIpc) is 2.78. The van der Waals surface area contributed by atoms with E-state index in [1.54, 1.807) is 0 Å². The topological polar surface area (TPSA) is 15.3 Å². The lowest BCUT2D eigenvalue weighted by molar-refractivity contribution is 0.152. The Morgan fingerprint density at radius 2 is 2.06 bits per heavy atom. The quantitative estimate of drug-likeness (QED) is 0.790. The first kappa shape index (κ1) is 12.4. The summed E-state index contributed by atoms with van der Waals surface area (Å²) in [4.78, 5) is 2.76. The zero-order chi connectivity index (χ0) is 11.4. The summed E-state index contributed by atoms with van der Waals surface area (Å²) >= 11 is 0. The van der Waals surface area contributed by atoms with Crippen molar-refractivity contribution in [1.29, 1.82) is 0 Å². The van der Waals surface area contributed by atoms with Crippen LogP contribution in [-0.4, -0.2) is 36.6 Å². The Bertz CT molecular complexity index is 205. The van der Waals surface area contributed by atoms with Gasteiger partial charge in [-0.1, -0.05) is 33.1 Å². The van der Waals surface area contributed by atoms with E-state index in [4.69, 9.17) is 0 Å². The summed E-state index contributed by atoms with van der Waals surface area (Å²) in [6.45, 7) is 8.34. The van der Waals surface area contributed by atoms with Crippen LogP contribution in [0.2, 0.25) is 0 Å². The Morgan fingerprint density at radius 1 is 1.19 bits per heavy atom. The number of rotatable bonds is 4. The van der Waals surface area contributed by atoms with Gasteiger partial charge in [-0.3, -0.25) is 4.90 Å². The fourth-order valence-electron chi connectivity index (χ4n) is 3.54. The molecule has 1 aliphatic heterocycles. The first-order chi connectivity index (χ1) is 7.83. The standard InChI is InChI=1S/C14H28N2/c1-3-12-6-5-7-14(10-12)16-9-8-13(11-16)15-4-2/h12-15H,3-11H2,1-2H3. The normalized spacial score (nSPS) is 36.8. The zero-order valence-electron chi connectivity index (χ0n) is 11.0. The van der Waals surface area contributed by atoms with Crippen LogP contribution in [0.15, 0.2) is 0 Å². The van der Waals surface area contributed by atoms with E-state index < -0.39 is 0 Å². The maximum absolute atomic E-state index is 3.60. The minimum absolute atomic E-state index is 0.770. The van der Waals surface area contributed by atoms with Crippen LogP contribution in [0.1, 0.15) is 52.4 Å². The van der Waals surface area contributed by atoms with Crippen LogP contribution in [0, 0.1) is 5.92 Å². The van der Waals surface area contributed by atoms with Crippen molar-refractivity contribution in [3.8, 4) is 0 Å². The van der Waals surface area contributed by atoms with Crippen molar-refractivity contribution in [3.63, 3.8) is 0 Å². The van der Waals surface area contributed by atoms with Crippen LogP contribution in [0.5, 0.6) is 0 Å². The molecular formula is C14H28N2. The Kier molecular flexibility index (Phi) is 4.66. The van der Waals surface area contributed by atoms with E-state index in [1.165, 1.54) is 51.6 Å². The highest BCUT2D eigenvalue weighted by Gasteiger charge is 2.30. The number of likely N-dealkylation sites (tertiary alicyclic amines) is 1. The lowest BCUT2D eigenvalue weighted by Gasteiger charge is -2.35. The highest BCUT2D eigenvalue weighted by atomic mass is 15.2. The van der Waals surface area contributed by atoms with E-state index >= 15 is 0 Å². The molecule has 1 saturated carbocycles. The lowest BCUT2D eigenvalue weighted by atomic mass is 9.83. The molecule has 3 atom stereocenters. The SMILES string of the molecule is CCNC1CCN(C2CCCC(CC)C2)C1. The fourth-order valence-corrected chi connectivity index (χ4v) is 3.54. The molecule has 2 nitrogen and oxygen atoms in total. The van der Waals surface area contributed by atoms with Crippen molar-refractivity contribution < 1.29 is 0 Å². The van der Waals surface area contributed by atoms with Crippen LogP contribution in [0.4, 0.5) is 0 Å². The van der Waals surface area contributed by atoms with E-state index in [2.05, 4.69) is 24.1 Å². The summed E-state index contributed by atoms with van der Waals surface area (Å²) in [5.74, 6) is 1.01. The molecule has 16 heavy (non-hydrogen) atoms. The fraction of sp³-hybridized carbons (Fsp3) is 1.00. The molecule has 0 spiro atoms. The Balaban J connectivity index is 1.79. The predicted octanol–water partition coefficient (Wildman–Crippen LogP) is 2.64. The van der Waals surface area contributed by atoms with E-state index in [0.29, 0.717) is 0 Å². The molecule has 0 aromatic carbocycles. The van der Waals surface area contributed by atoms with Gasteiger partial charge in [-0.25, -0.2) is 0 Å². The third-order valence-electron chi connectivity index (χ3n) is 4.56. The summed E-state index contributed by atoms with van der Waals surface area (Å²) < 4.78 is 0. The molecule has 3 unspecified atom stereocenters. The molecule has 0 radical (unpaired) electrons. The molecule has 0 amide bonds. The lowest BCUT2D eigenvalue weighted by Crippen LogP contribution is -2.39. The maximum Gasteiger partial charge on any atom is 0.0207 e. The molecule has 2 aliphatic rings. The Hall–Kier alpha value is -0.0800. The summed E-state index contributed by atoms with van der Waals surface area (Å²) in [6.07, 6.45) is 8.62. The van der Waals surface area contributed by atoms with Gasteiger partial charge in [0, 0.05) is 25.2 Å². The van der Waals surface area contributed by atoms with E-state index in [0.717, 1.165) is 24.5 Å². The molecule has 1 heterocycles. The van der Waals surface area contributed by atoms with Crippen molar-refractivity contribution in [2.75, 3.05) is 19.6 Å². The average molecular weight is 224 g/mol. The second-order valence-corrected chi connectivity index (χ2v) is 5.63. The number of nitrogens with one attached hydrogen (secondary N) is 1. The van der Waals surface area contributed by atoms with Crippen LogP contribution >= 0.6 is 0 Å². The Morgan fingerprint density at radius 3 is 2.81 bits per heavy atom. The highest BCUT2D eigenvalue weighted by Crippen LogP contribution is 2.31. The summed E-state index contributed by atoms with van der Waals surface area (Å²) in [5, 5.41) is 3.60. The van der Waals surface area contributed by atoms with Gasteiger partial charge in [0.25, 0.3) is 0 Å². The van der Waals surface area contributed by atoms with Crippen molar-refractivity contribution in [2.45, 2.75) is 64.5 Å². The van der Waals surface area contributed by atoms with Crippen molar-refractivity contribution in [2.24, 2.45) is 5.92 Å². The first-order valence-electron chi connectivity index (χ1n) is 7.30. The van der Waals surface area contributed by atoms with Gasteiger partial charge in [0.1, 0.15) is 0 Å². The minimum Gasteiger partial charge on any atom is -0.313 e. The number of hydrogen-bond donors (Lipinski definition) is 1. The summed E-state index contributed by atoms with van der Waals surface area (Å²) in [6, 6.07) is 1.68. The van der Waals surface area contributed by atoms with Gasteiger partial charge in [-0.15, -0.1) is 0 Å². The largest absolute Gasteiger partial charge is 0.313 e. The van der Waals surface area contributed by atoms with Crippen LogP contribution in [0.3, 0.4) is 0 Å². The van der Waals surface area contributed by atoms with Gasteiger partial charge in [-0.05, 0) is 31.7 Å². The Labute approximate surface area is 101 Å². The van der Waals surface area contributed by atoms with Crippen LogP contribution in [-0.2, 0) is 0 Å². The molecular weight excluding hydrogens is 196 g/mol.